The van der Waals surface area contributed by atoms with Crippen LogP contribution in [-0.4, -0.2) is 41.1 Å². The van der Waals surface area contributed by atoms with Gasteiger partial charge < -0.3 is 15.3 Å². The monoisotopic (exact) mass is 284 g/mol. The average Bonchev–Trinajstić information content (AvgIpc) is 2.88. The molecule has 5 heteroatoms. The lowest BCUT2D eigenvalue weighted by Crippen LogP contribution is -2.50. The highest BCUT2D eigenvalue weighted by molar-refractivity contribution is 5.83. The van der Waals surface area contributed by atoms with Gasteiger partial charge in [0, 0.05) is 13.1 Å². The van der Waals surface area contributed by atoms with Crippen molar-refractivity contribution in [3.05, 3.63) is 0 Å². The van der Waals surface area contributed by atoms with E-state index in [-0.39, 0.29) is 17.4 Å². The van der Waals surface area contributed by atoms with E-state index in [1.165, 1.54) is 0 Å². The first kappa shape index (κ1) is 16.8. The average molecular weight is 284 g/mol. The maximum atomic E-state index is 12.3. The molecule has 116 valence electrons. The number of nitrogens with one attached hydrogen (secondary N) is 1. The van der Waals surface area contributed by atoms with Crippen LogP contribution in [0.2, 0.25) is 0 Å². The summed E-state index contributed by atoms with van der Waals surface area (Å²) in [5, 5.41) is 11.9. The maximum absolute atomic E-state index is 12.3. The molecule has 0 aliphatic carbocycles. The van der Waals surface area contributed by atoms with Gasteiger partial charge in [0.05, 0.1) is 0 Å². The van der Waals surface area contributed by atoms with E-state index in [1.807, 2.05) is 13.8 Å². The molecule has 20 heavy (non-hydrogen) atoms. The van der Waals surface area contributed by atoms with Crippen molar-refractivity contribution in [2.24, 2.45) is 11.3 Å². The molecular weight excluding hydrogens is 256 g/mol. The Kier molecular flexibility index (Phi) is 5.84. The van der Waals surface area contributed by atoms with Gasteiger partial charge in [-0.3, -0.25) is 0 Å². The smallest absolute Gasteiger partial charge is 0.326 e. The van der Waals surface area contributed by atoms with Crippen molar-refractivity contribution in [3.8, 4) is 0 Å². The van der Waals surface area contributed by atoms with Gasteiger partial charge in [0.1, 0.15) is 6.04 Å². The molecule has 0 aromatic heterocycles. The Morgan fingerprint density at radius 2 is 1.90 bits per heavy atom. The van der Waals surface area contributed by atoms with Crippen molar-refractivity contribution >= 4 is 12.0 Å². The van der Waals surface area contributed by atoms with Gasteiger partial charge in [-0.25, -0.2) is 9.59 Å². The number of nitrogens with zero attached hydrogens (tertiary/aromatic N) is 1. The summed E-state index contributed by atoms with van der Waals surface area (Å²) in [5.74, 6) is -1.02. The Labute approximate surface area is 121 Å². The van der Waals surface area contributed by atoms with Gasteiger partial charge >= 0.3 is 12.0 Å². The summed E-state index contributed by atoms with van der Waals surface area (Å²) in [6.45, 7) is 9.56. The Hall–Kier alpha value is -1.26. The minimum Gasteiger partial charge on any atom is -0.480 e. The Bertz CT molecular complexity index is 353. The molecule has 2 atom stereocenters. The Morgan fingerprint density at radius 3 is 2.30 bits per heavy atom. The Balaban J connectivity index is 2.65. The van der Waals surface area contributed by atoms with Crippen molar-refractivity contribution in [2.75, 3.05) is 13.1 Å². The first-order chi connectivity index (χ1) is 9.39. The van der Waals surface area contributed by atoms with Crippen molar-refractivity contribution in [1.82, 2.24) is 10.2 Å². The number of aliphatic carboxylic acids is 1. The number of urea groups is 1. The molecule has 2 unspecified atom stereocenters. The molecule has 1 saturated heterocycles. The van der Waals surface area contributed by atoms with Gasteiger partial charge in [0.25, 0.3) is 0 Å². The highest BCUT2D eigenvalue weighted by Crippen LogP contribution is 2.36. The van der Waals surface area contributed by atoms with Gasteiger partial charge in [0.15, 0.2) is 0 Å². The van der Waals surface area contributed by atoms with Crippen molar-refractivity contribution in [2.45, 2.75) is 59.4 Å². The molecule has 1 aliphatic heterocycles. The van der Waals surface area contributed by atoms with Crippen LogP contribution in [0.1, 0.15) is 53.4 Å². The molecule has 2 amide bonds. The summed E-state index contributed by atoms with van der Waals surface area (Å²) in [6, 6.07) is -1.03. The number of hydrogen-bond acceptors (Lipinski definition) is 2. The SMILES string of the molecule is CCC(C)C(NC(=O)N1CCC(CC)(CC)C1)C(=O)O. The molecule has 0 aromatic rings. The zero-order chi connectivity index (χ0) is 15.3. The predicted molar refractivity (Wildman–Crippen MR) is 78.6 cm³/mol. The van der Waals surface area contributed by atoms with E-state index in [2.05, 4.69) is 19.2 Å². The van der Waals surface area contributed by atoms with Gasteiger partial charge in [-0.15, -0.1) is 0 Å². The molecule has 0 bridgehead atoms. The van der Waals surface area contributed by atoms with E-state index in [1.54, 1.807) is 4.90 Å². The first-order valence-electron chi connectivity index (χ1n) is 7.67. The summed E-state index contributed by atoms with van der Waals surface area (Å²) in [6.07, 6.45) is 3.85. The van der Waals surface area contributed by atoms with Crippen LogP contribution in [0.5, 0.6) is 0 Å². The summed E-state index contributed by atoms with van der Waals surface area (Å²) < 4.78 is 0. The van der Waals surface area contributed by atoms with Crippen LogP contribution in [0.15, 0.2) is 0 Å². The minimum absolute atomic E-state index is 0.0684. The number of carboxylic acid groups (broad SMARTS) is 1. The number of carbonyl (C=O) groups is 2. The lowest BCUT2D eigenvalue weighted by molar-refractivity contribution is -0.140. The lowest BCUT2D eigenvalue weighted by atomic mass is 9.82. The number of likely N-dealkylation sites (tertiary alicyclic amines) is 1. The number of carboxylic acids is 1. The van der Waals surface area contributed by atoms with E-state index < -0.39 is 12.0 Å². The number of amides is 2. The molecule has 0 spiro atoms. The summed E-state index contributed by atoms with van der Waals surface area (Å²) in [5.41, 5.74) is 0.215. The van der Waals surface area contributed by atoms with Crippen LogP contribution in [0.3, 0.4) is 0 Å². The molecule has 0 saturated carbocycles. The van der Waals surface area contributed by atoms with E-state index in [0.717, 1.165) is 38.8 Å². The summed E-state index contributed by atoms with van der Waals surface area (Å²) in [7, 11) is 0. The van der Waals surface area contributed by atoms with Crippen LogP contribution in [-0.2, 0) is 4.79 Å². The predicted octanol–water partition coefficient (Wildman–Crippen LogP) is 2.71. The highest BCUT2D eigenvalue weighted by atomic mass is 16.4. The molecular formula is C15H28N2O3. The molecule has 1 aliphatic rings. The fourth-order valence-electron chi connectivity index (χ4n) is 2.84. The van der Waals surface area contributed by atoms with Gasteiger partial charge in [-0.05, 0) is 30.6 Å². The second kappa shape index (κ2) is 6.95. The number of carbonyl (C=O) groups excluding carboxylic acids is 1. The second-order valence-electron chi connectivity index (χ2n) is 6.03. The van der Waals surface area contributed by atoms with Crippen LogP contribution >= 0.6 is 0 Å². The number of rotatable bonds is 6. The van der Waals surface area contributed by atoms with Crippen LogP contribution in [0, 0.1) is 11.3 Å². The molecule has 5 nitrogen and oxygen atoms in total. The molecule has 0 aromatic carbocycles. The van der Waals surface area contributed by atoms with E-state index >= 15 is 0 Å². The quantitative estimate of drug-likeness (QED) is 0.788. The normalized spacial score (nSPS) is 20.5. The molecule has 2 N–H and O–H groups in total. The third kappa shape index (κ3) is 3.64. The van der Waals surface area contributed by atoms with Crippen LogP contribution in [0.4, 0.5) is 4.79 Å². The van der Waals surface area contributed by atoms with Crippen LogP contribution in [0.25, 0.3) is 0 Å². The molecule has 1 rings (SSSR count). The maximum Gasteiger partial charge on any atom is 0.326 e. The topological polar surface area (TPSA) is 69.6 Å². The standard InChI is InChI=1S/C15H28N2O3/c1-5-11(4)12(13(18)19)16-14(20)17-9-8-15(6-2,7-3)10-17/h11-12H,5-10H2,1-4H3,(H,16,20)(H,18,19). The van der Waals surface area contributed by atoms with Crippen molar-refractivity contribution in [3.63, 3.8) is 0 Å². The third-order valence-corrected chi connectivity index (χ3v) is 4.98. The van der Waals surface area contributed by atoms with Gasteiger partial charge in [-0.1, -0.05) is 34.1 Å². The van der Waals surface area contributed by atoms with Crippen molar-refractivity contribution < 1.29 is 14.7 Å². The van der Waals surface area contributed by atoms with Crippen LogP contribution < -0.4 is 5.32 Å². The molecule has 1 fully saturated rings. The van der Waals surface area contributed by atoms with E-state index in [4.69, 9.17) is 0 Å². The number of hydrogen-bond donors (Lipinski definition) is 2. The minimum atomic E-state index is -0.954. The summed E-state index contributed by atoms with van der Waals surface area (Å²) >= 11 is 0. The highest BCUT2D eigenvalue weighted by Gasteiger charge is 2.38. The Morgan fingerprint density at radius 1 is 1.30 bits per heavy atom. The third-order valence-electron chi connectivity index (χ3n) is 4.98. The molecule has 1 heterocycles. The zero-order valence-electron chi connectivity index (χ0n) is 13.1. The zero-order valence-corrected chi connectivity index (χ0v) is 13.1. The fourth-order valence-corrected chi connectivity index (χ4v) is 2.84. The van der Waals surface area contributed by atoms with E-state index in [9.17, 15) is 14.7 Å². The summed E-state index contributed by atoms with van der Waals surface area (Å²) in [4.78, 5) is 25.3. The molecule has 0 radical (unpaired) electrons. The second-order valence-corrected chi connectivity index (χ2v) is 6.03. The van der Waals surface area contributed by atoms with Gasteiger partial charge in [-0.2, -0.15) is 0 Å². The fraction of sp³-hybridized carbons (Fsp3) is 0.867. The first-order valence-corrected chi connectivity index (χ1v) is 7.67. The van der Waals surface area contributed by atoms with E-state index in [0.29, 0.717) is 0 Å². The van der Waals surface area contributed by atoms with Crippen molar-refractivity contribution in [1.29, 1.82) is 0 Å². The largest absolute Gasteiger partial charge is 0.480 e. The van der Waals surface area contributed by atoms with Gasteiger partial charge in [0.2, 0.25) is 0 Å². The lowest BCUT2D eigenvalue weighted by Gasteiger charge is -2.28.